The molecular weight excluding hydrogens is 394 g/mol. The van der Waals surface area contributed by atoms with E-state index in [0.717, 1.165) is 74.3 Å². The van der Waals surface area contributed by atoms with Crippen LogP contribution >= 0.6 is 11.3 Å². The van der Waals surface area contributed by atoms with Gasteiger partial charge in [0.1, 0.15) is 22.5 Å². The van der Waals surface area contributed by atoms with Crippen LogP contribution in [0, 0.1) is 5.92 Å². The van der Waals surface area contributed by atoms with Crippen LogP contribution in [-0.2, 0) is 24.2 Å². The Balaban J connectivity index is 1.54. The number of hydrogen-bond donors (Lipinski definition) is 0. The molecule has 1 unspecified atom stereocenters. The molecule has 7 heteroatoms. The molecule has 3 aliphatic rings. The van der Waals surface area contributed by atoms with Gasteiger partial charge in [-0.05, 0) is 69.5 Å². The highest BCUT2D eigenvalue weighted by atomic mass is 32.1. The van der Waals surface area contributed by atoms with Gasteiger partial charge in [-0.25, -0.2) is 9.97 Å². The summed E-state index contributed by atoms with van der Waals surface area (Å²) in [6.07, 6.45) is 7.98. The van der Waals surface area contributed by atoms with Crippen LogP contribution < -0.4 is 4.90 Å². The molecule has 0 spiro atoms. The average molecular weight is 428 g/mol. The predicted molar refractivity (Wildman–Crippen MR) is 122 cm³/mol. The number of piperidine rings is 1. The quantitative estimate of drug-likeness (QED) is 0.748. The fraction of sp³-hybridized carbons (Fsp3) is 0.696. The first-order chi connectivity index (χ1) is 14.5. The van der Waals surface area contributed by atoms with E-state index >= 15 is 0 Å². The zero-order valence-electron chi connectivity index (χ0n) is 18.5. The summed E-state index contributed by atoms with van der Waals surface area (Å²) in [6.45, 7) is 6.33. The predicted octanol–water partition coefficient (Wildman–Crippen LogP) is 3.47. The van der Waals surface area contributed by atoms with Gasteiger partial charge >= 0.3 is 0 Å². The molecule has 1 atom stereocenters. The van der Waals surface area contributed by atoms with Crippen molar-refractivity contribution in [2.45, 2.75) is 64.5 Å². The highest BCUT2D eigenvalue weighted by Gasteiger charge is 2.35. The number of carbonyl (C=O) groups excluding carboxylic acids is 1. The second-order valence-electron chi connectivity index (χ2n) is 9.54. The molecule has 0 bridgehead atoms. The van der Waals surface area contributed by atoms with Crippen molar-refractivity contribution in [3.05, 3.63) is 16.3 Å². The Kier molecular flexibility index (Phi) is 5.44. The Morgan fingerprint density at radius 1 is 1.10 bits per heavy atom. The minimum Gasteiger partial charge on any atom is -0.347 e. The SMILES string of the molecule is CC1CCN(Cc2nc(N3CCCC3C(=O)N(C)C)c3c4c(sc3n2)CCC4)CC1. The molecule has 162 valence electrons. The van der Waals surface area contributed by atoms with E-state index in [1.807, 2.05) is 25.4 Å². The Hall–Kier alpha value is -1.73. The van der Waals surface area contributed by atoms with Gasteiger partial charge in [0.25, 0.3) is 0 Å². The van der Waals surface area contributed by atoms with E-state index < -0.39 is 0 Å². The number of likely N-dealkylation sites (N-methyl/N-ethyl adjacent to an activating group) is 1. The van der Waals surface area contributed by atoms with E-state index in [9.17, 15) is 4.79 Å². The zero-order valence-corrected chi connectivity index (χ0v) is 19.3. The van der Waals surface area contributed by atoms with E-state index in [2.05, 4.69) is 16.7 Å². The normalized spacial score (nSPS) is 22.8. The van der Waals surface area contributed by atoms with Gasteiger partial charge in [0, 0.05) is 25.5 Å². The van der Waals surface area contributed by atoms with Crippen molar-refractivity contribution in [3.63, 3.8) is 0 Å². The molecule has 5 rings (SSSR count). The van der Waals surface area contributed by atoms with Gasteiger partial charge in [-0.15, -0.1) is 11.3 Å². The van der Waals surface area contributed by atoms with Crippen molar-refractivity contribution in [1.29, 1.82) is 0 Å². The van der Waals surface area contributed by atoms with Gasteiger partial charge in [-0.1, -0.05) is 6.92 Å². The fourth-order valence-electron chi connectivity index (χ4n) is 5.29. The summed E-state index contributed by atoms with van der Waals surface area (Å²) in [5.74, 6) is 2.97. The Morgan fingerprint density at radius 3 is 2.67 bits per heavy atom. The Bertz CT molecular complexity index is 947. The molecule has 0 saturated carbocycles. The molecule has 2 aromatic rings. The largest absolute Gasteiger partial charge is 0.347 e. The van der Waals surface area contributed by atoms with Crippen molar-refractivity contribution < 1.29 is 4.79 Å². The number of carbonyl (C=O) groups is 1. The van der Waals surface area contributed by atoms with Crippen molar-refractivity contribution >= 4 is 33.3 Å². The van der Waals surface area contributed by atoms with Crippen LogP contribution in [0.1, 0.15) is 55.3 Å². The van der Waals surface area contributed by atoms with Crippen LogP contribution in [0.15, 0.2) is 0 Å². The molecule has 2 saturated heterocycles. The molecule has 0 aromatic carbocycles. The molecule has 30 heavy (non-hydrogen) atoms. The maximum absolute atomic E-state index is 12.9. The van der Waals surface area contributed by atoms with Crippen LogP contribution in [0.4, 0.5) is 5.82 Å². The smallest absolute Gasteiger partial charge is 0.244 e. The lowest BCUT2D eigenvalue weighted by atomic mass is 9.99. The second-order valence-corrected chi connectivity index (χ2v) is 10.6. The molecule has 4 heterocycles. The summed E-state index contributed by atoms with van der Waals surface area (Å²) >= 11 is 1.86. The number of rotatable bonds is 4. The molecule has 1 aliphatic carbocycles. The Labute approximate surface area is 183 Å². The number of amides is 1. The van der Waals surface area contributed by atoms with E-state index in [0.29, 0.717) is 0 Å². The number of aromatic nitrogens is 2. The van der Waals surface area contributed by atoms with Crippen LogP contribution in [0.25, 0.3) is 10.2 Å². The summed E-state index contributed by atoms with van der Waals surface area (Å²) in [6, 6.07) is -0.0984. The van der Waals surface area contributed by atoms with Crippen molar-refractivity contribution in [2.75, 3.05) is 38.6 Å². The number of anilines is 1. The highest BCUT2D eigenvalue weighted by Crippen LogP contribution is 2.42. The number of likely N-dealkylation sites (tertiary alicyclic amines) is 1. The van der Waals surface area contributed by atoms with E-state index in [1.54, 1.807) is 4.90 Å². The fourth-order valence-corrected chi connectivity index (χ4v) is 6.57. The van der Waals surface area contributed by atoms with Crippen LogP contribution in [-0.4, -0.2) is 65.4 Å². The number of nitrogens with zero attached hydrogens (tertiary/aromatic N) is 5. The monoisotopic (exact) mass is 427 g/mol. The van der Waals surface area contributed by atoms with Gasteiger partial charge in [-0.2, -0.15) is 0 Å². The topological polar surface area (TPSA) is 52.6 Å². The molecular formula is C23H33N5OS. The molecule has 2 aromatic heterocycles. The van der Waals surface area contributed by atoms with E-state index in [-0.39, 0.29) is 11.9 Å². The summed E-state index contributed by atoms with van der Waals surface area (Å²) < 4.78 is 0. The molecule has 6 nitrogen and oxygen atoms in total. The average Bonchev–Trinajstić information content (AvgIpc) is 3.44. The standard InChI is InChI=1S/C23H33N5OS/c1-15-9-12-27(13-10-15)14-19-24-21(28-11-5-7-17(28)23(29)26(2)3)20-16-6-4-8-18(16)30-22(20)25-19/h15,17H,4-14H2,1-3H3. The molecule has 2 aliphatic heterocycles. The molecule has 1 amide bonds. The highest BCUT2D eigenvalue weighted by molar-refractivity contribution is 7.19. The third-order valence-electron chi connectivity index (χ3n) is 7.08. The van der Waals surface area contributed by atoms with Crippen molar-refractivity contribution in [3.8, 4) is 0 Å². The maximum atomic E-state index is 12.9. The number of thiophene rings is 1. The number of hydrogen-bond acceptors (Lipinski definition) is 6. The van der Waals surface area contributed by atoms with Gasteiger partial charge in [0.15, 0.2) is 0 Å². The molecule has 2 fully saturated rings. The van der Waals surface area contributed by atoms with Crippen LogP contribution in [0.5, 0.6) is 0 Å². The minimum absolute atomic E-state index is 0.0984. The summed E-state index contributed by atoms with van der Waals surface area (Å²) in [5.41, 5.74) is 1.45. The third-order valence-corrected chi connectivity index (χ3v) is 8.27. The summed E-state index contributed by atoms with van der Waals surface area (Å²) in [5, 5.41) is 1.24. The van der Waals surface area contributed by atoms with E-state index in [4.69, 9.17) is 9.97 Å². The summed E-state index contributed by atoms with van der Waals surface area (Å²) in [4.78, 5) is 32.2. The summed E-state index contributed by atoms with van der Waals surface area (Å²) in [7, 11) is 3.72. The van der Waals surface area contributed by atoms with Crippen LogP contribution in [0.2, 0.25) is 0 Å². The molecule has 0 radical (unpaired) electrons. The number of fused-ring (bicyclic) bond motifs is 3. The minimum atomic E-state index is -0.0984. The lowest BCUT2D eigenvalue weighted by molar-refractivity contribution is -0.129. The lowest BCUT2D eigenvalue weighted by Crippen LogP contribution is -2.43. The van der Waals surface area contributed by atoms with Crippen LogP contribution in [0.3, 0.4) is 0 Å². The van der Waals surface area contributed by atoms with Crippen molar-refractivity contribution in [2.24, 2.45) is 5.92 Å². The van der Waals surface area contributed by atoms with Crippen molar-refractivity contribution in [1.82, 2.24) is 19.8 Å². The van der Waals surface area contributed by atoms with E-state index in [1.165, 1.54) is 35.1 Å². The maximum Gasteiger partial charge on any atom is 0.244 e. The van der Waals surface area contributed by atoms with Gasteiger partial charge in [0.2, 0.25) is 5.91 Å². The first-order valence-electron chi connectivity index (χ1n) is 11.5. The van der Waals surface area contributed by atoms with Gasteiger partial charge in [-0.3, -0.25) is 9.69 Å². The third kappa shape index (κ3) is 3.60. The number of aryl methyl sites for hydroxylation is 2. The first-order valence-corrected chi connectivity index (χ1v) is 12.3. The van der Waals surface area contributed by atoms with Gasteiger partial charge in [0.05, 0.1) is 11.9 Å². The lowest BCUT2D eigenvalue weighted by Gasteiger charge is -2.30. The Morgan fingerprint density at radius 2 is 1.90 bits per heavy atom. The second kappa shape index (κ2) is 8.08. The first kappa shape index (κ1) is 20.2. The molecule has 0 N–H and O–H groups in total. The zero-order chi connectivity index (χ0) is 20.8. The van der Waals surface area contributed by atoms with Gasteiger partial charge < -0.3 is 9.80 Å².